The van der Waals surface area contributed by atoms with Crippen LogP contribution in [0.5, 0.6) is 0 Å². The van der Waals surface area contributed by atoms with Crippen molar-refractivity contribution < 1.29 is 9.53 Å². The summed E-state index contributed by atoms with van der Waals surface area (Å²) in [6.07, 6.45) is 3.75. The highest BCUT2D eigenvalue weighted by Gasteiger charge is 2.39. The zero-order chi connectivity index (χ0) is 26.0. The summed E-state index contributed by atoms with van der Waals surface area (Å²) in [5.41, 5.74) is 4.89. The molecule has 0 aliphatic rings. The zero-order valence-corrected chi connectivity index (χ0v) is 21.0. The molecule has 0 saturated carbocycles. The van der Waals surface area contributed by atoms with Gasteiger partial charge in [0.05, 0.1) is 30.9 Å². The van der Waals surface area contributed by atoms with E-state index in [1.807, 2.05) is 61.1 Å². The molecule has 0 bridgehead atoms. The molecule has 0 saturated heterocycles. The van der Waals surface area contributed by atoms with E-state index in [0.717, 1.165) is 38.7 Å². The van der Waals surface area contributed by atoms with Crippen LogP contribution in [0.3, 0.4) is 0 Å². The molecule has 1 heterocycles. The number of nitrogens with zero attached hydrogens (tertiary/aromatic N) is 2. The number of ether oxygens (including phenoxy) is 1. The molecule has 6 rings (SSSR count). The van der Waals surface area contributed by atoms with E-state index in [1.54, 1.807) is 0 Å². The number of hydrogen-bond acceptors (Lipinski definition) is 3. The van der Waals surface area contributed by atoms with E-state index >= 15 is 0 Å². The fraction of sp³-hybridized carbons (Fsp3) is 0.0588. The summed E-state index contributed by atoms with van der Waals surface area (Å²) in [5.74, 6) is -0.366. The zero-order valence-electron chi connectivity index (χ0n) is 21.0. The number of carbonyl (C=O) groups excluding carboxylic acids is 1. The number of imidazole rings is 1. The first-order chi connectivity index (χ1) is 18.7. The van der Waals surface area contributed by atoms with Crippen LogP contribution in [0.4, 0.5) is 0 Å². The lowest BCUT2D eigenvalue weighted by Gasteiger charge is -2.38. The van der Waals surface area contributed by atoms with Gasteiger partial charge in [-0.2, -0.15) is 0 Å². The number of carbonyl (C=O) groups is 1. The maximum Gasteiger partial charge on any atom is 0.338 e. The van der Waals surface area contributed by atoms with Crippen LogP contribution in [0.1, 0.15) is 27.0 Å². The van der Waals surface area contributed by atoms with Gasteiger partial charge in [0.15, 0.2) is 0 Å². The minimum atomic E-state index is -0.716. The van der Waals surface area contributed by atoms with Crippen LogP contribution in [0.2, 0.25) is 0 Å². The molecule has 1 aromatic heterocycles. The summed E-state index contributed by atoms with van der Waals surface area (Å²) in [4.78, 5) is 17.5. The second kappa shape index (κ2) is 9.83. The van der Waals surface area contributed by atoms with Crippen molar-refractivity contribution in [3.8, 4) is 11.3 Å². The summed E-state index contributed by atoms with van der Waals surface area (Å²) in [6.45, 7) is 0. The van der Waals surface area contributed by atoms with Crippen LogP contribution in [0.25, 0.3) is 22.0 Å². The normalized spacial score (nSPS) is 11.4. The van der Waals surface area contributed by atoms with E-state index in [1.165, 1.54) is 7.11 Å². The lowest BCUT2D eigenvalue weighted by molar-refractivity contribution is 0.0603. The van der Waals surface area contributed by atoms with Gasteiger partial charge >= 0.3 is 5.97 Å². The van der Waals surface area contributed by atoms with Gasteiger partial charge in [0, 0.05) is 5.56 Å². The third-order valence-electron chi connectivity index (χ3n) is 7.14. The Morgan fingerprint density at radius 3 is 1.79 bits per heavy atom. The Hall–Kier alpha value is -4.96. The Morgan fingerprint density at radius 1 is 0.711 bits per heavy atom. The van der Waals surface area contributed by atoms with Gasteiger partial charge in [0.1, 0.15) is 5.54 Å². The van der Waals surface area contributed by atoms with Crippen molar-refractivity contribution in [2.75, 3.05) is 7.11 Å². The number of esters is 1. The first kappa shape index (κ1) is 23.4. The molecule has 0 aliphatic heterocycles. The molecule has 184 valence electrons. The van der Waals surface area contributed by atoms with Crippen molar-refractivity contribution >= 4 is 16.7 Å². The quantitative estimate of drug-likeness (QED) is 0.180. The summed E-state index contributed by atoms with van der Waals surface area (Å²) >= 11 is 0. The van der Waals surface area contributed by atoms with Crippen molar-refractivity contribution in [3.63, 3.8) is 0 Å². The summed E-state index contributed by atoms with van der Waals surface area (Å²) in [7, 11) is 1.42. The number of fused-ring (bicyclic) bond motifs is 1. The van der Waals surface area contributed by atoms with Gasteiger partial charge in [-0.15, -0.1) is 0 Å². The number of hydrogen-bond donors (Lipinski definition) is 0. The molecule has 0 atom stereocenters. The highest BCUT2D eigenvalue weighted by Crippen LogP contribution is 2.43. The van der Waals surface area contributed by atoms with Crippen LogP contribution in [-0.4, -0.2) is 22.6 Å². The van der Waals surface area contributed by atoms with Gasteiger partial charge in [0.2, 0.25) is 0 Å². The van der Waals surface area contributed by atoms with E-state index in [-0.39, 0.29) is 5.97 Å². The Bertz CT molecular complexity index is 1610. The second-order valence-electron chi connectivity index (χ2n) is 9.19. The van der Waals surface area contributed by atoms with Gasteiger partial charge in [-0.25, -0.2) is 9.78 Å². The topological polar surface area (TPSA) is 44.1 Å². The summed E-state index contributed by atoms with van der Waals surface area (Å²) in [6, 6.07) is 43.3. The Morgan fingerprint density at radius 2 is 1.24 bits per heavy atom. The fourth-order valence-electron chi connectivity index (χ4n) is 5.47. The van der Waals surface area contributed by atoms with E-state index < -0.39 is 5.54 Å². The number of aromatic nitrogens is 2. The monoisotopic (exact) mass is 494 g/mol. The third kappa shape index (κ3) is 3.78. The van der Waals surface area contributed by atoms with Crippen LogP contribution in [-0.2, 0) is 10.3 Å². The highest BCUT2D eigenvalue weighted by molar-refractivity contribution is 6.06. The van der Waals surface area contributed by atoms with Crippen LogP contribution in [0, 0.1) is 0 Å². The SMILES string of the molecule is COC(=O)c1cc(-c2cncn2C(c2ccccc2)(c2ccccc2)c2ccccc2)cc2ccccc12. The van der Waals surface area contributed by atoms with Gasteiger partial charge in [0.25, 0.3) is 0 Å². The second-order valence-corrected chi connectivity index (χ2v) is 9.19. The molecule has 0 N–H and O–H groups in total. The molecular weight excluding hydrogens is 468 g/mol. The molecule has 0 spiro atoms. The van der Waals surface area contributed by atoms with Crippen LogP contribution < -0.4 is 0 Å². The van der Waals surface area contributed by atoms with Crippen molar-refractivity contribution in [3.05, 3.63) is 162 Å². The first-order valence-corrected chi connectivity index (χ1v) is 12.5. The van der Waals surface area contributed by atoms with E-state index in [9.17, 15) is 4.79 Å². The minimum absolute atomic E-state index is 0.366. The Labute approximate surface area is 221 Å². The minimum Gasteiger partial charge on any atom is -0.465 e. The van der Waals surface area contributed by atoms with Gasteiger partial charge < -0.3 is 9.30 Å². The molecule has 0 unspecified atom stereocenters. The number of benzene rings is 5. The molecule has 0 amide bonds. The molecular formula is C34H26N2O2. The lowest BCUT2D eigenvalue weighted by Crippen LogP contribution is -2.37. The molecule has 0 fully saturated rings. The van der Waals surface area contributed by atoms with E-state index in [0.29, 0.717) is 5.56 Å². The molecule has 5 aromatic carbocycles. The third-order valence-corrected chi connectivity index (χ3v) is 7.14. The summed E-state index contributed by atoms with van der Waals surface area (Å²) in [5, 5.41) is 1.82. The predicted molar refractivity (Wildman–Crippen MR) is 151 cm³/mol. The maximum atomic E-state index is 12.9. The molecule has 6 aromatic rings. The maximum absolute atomic E-state index is 12.9. The highest BCUT2D eigenvalue weighted by atomic mass is 16.5. The van der Waals surface area contributed by atoms with Crippen LogP contribution in [0.15, 0.2) is 140 Å². The van der Waals surface area contributed by atoms with Crippen molar-refractivity contribution in [2.24, 2.45) is 0 Å². The Balaban J connectivity index is 1.71. The van der Waals surface area contributed by atoms with Gasteiger partial charge in [-0.1, -0.05) is 115 Å². The molecule has 4 heteroatoms. The number of methoxy groups -OCH3 is 1. The Kier molecular flexibility index (Phi) is 6.06. The van der Waals surface area contributed by atoms with Gasteiger partial charge in [-0.3, -0.25) is 0 Å². The van der Waals surface area contributed by atoms with E-state index in [2.05, 4.69) is 88.4 Å². The fourth-order valence-corrected chi connectivity index (χ4v) is 5.47. The lowest BCUT2D eigenvalue weighted by atomic mass is 9.76. The van der Waals surface area contributed by atoms with Crippen molar-refractivity contribution in [1.29, 1.82) is 0 Å². The van der Waals surface area contributed by atoms with Crippen LogP contribution >= 0.6 is 0 Å². The van der Waals surface area contributed by atoms with Crippen molar-refractivity contribution in [2.45, 2.75) is 5.54 Å². The van der Waals surface area contributed by atoms with E-state index in [4.69, 9.17) is 4.74 Å². The molecule has 0 aliphatic carbocycles. The smallest absolute Gasteiger partial charge is 0.338 e. The molecule has 38 heavy (non-hydrogen) atoms. The molecule has 0 radical (unpaired) electrons. The number of rotatable bonds is 6. The van der Waals surface area contributed by atoms with Gasteiger partial charge in [-0.05, 0) is 39.6 Å². The average molecular weight is 495 g/mol. The predicted octanol–water partition coefficient (Wildman–Crippen LogP) is 7.33. The average Bonchev–Trinajstić information content (AvgIpc) is 3.48. The standard InChI is InChI=1S/C34H26N2O2/c1-38-33(37)31-22-26(21-25-13-11-12-20-30(25)31)32-23-35-24-36(32)34(27-14-5-2-6-15-27,28-16-7-3-8-17-28)29-18-9-4-10-19-29/h2-24H,1H3. The first-order valence-electron chi connectivity index (χ1n) is 12.5. The largest absolute Gasteiger partial charge is 0.465 e. The summed E-state index contributed by atoms with van der Waals surface area (Å²) < 4.78 is 7.38. The molecule has 4 nitrogen and oxygen atoms in total. The van der Waals surface area contributed by atoms with Crippen molar-refractivity contribution in [1.82, 2.24) is 9.55 Å².